The van der Waals surface area contributed by atoms with Crippen LogP contribution in [0.5, 0.6) is 0 Å². The van der Waals surface area contributed by atoms with Gasteiger partial charge in [0, 0.05) is 34.5 Å². The minimum absolute atomic E-state index is 0.362. The summed E-state index contributed by atoms with van der Waals surface area (Å²) >= 11 is 5.08. The zero-order valence-electron chi connectivity index (χ0n) is 11.1. The minimum Gasteiger partial charge on any atom is -0.389 e. The molecule has 0 spiro atoms. The van der Waals surface area contributed by atoms with Gasteiger partial charge >= 0.3 is 0 Å². The standard InChI is InChI=1S/C13H19N3OS2/c1-2-19(17)7-6-15-13-10(12(14)18)8-9-4-3-5-11(9)16-13/h8H,2-7H2,1H3,(H2,14,18)(H,15,16). The van der Waals surface area contributed by atoms with Gasteiger partial charge in [0.05, 0.1) is 5.56 Å². The lowest BCUT2D eigenvalue weighted by Gasteiger charge is -2.12. The first-order valence-electron chi connectivity index (χ1n) is 6.53. The zero-order valence-corrected chi connectivity index (χ0v) is 12.7. The van der Waals surface area contributed by atoms with E-state index in [0.717, 1.165) is 36.3 Å². The molecular weight excluding hydrogens is 278 g/mol. The smallest absolute Gasteiger partial charge is 0.136 e. The number of aryl methyl sites for hydroxylation is 2. The molecule has 1 atom stereocenters. The van der Waals surface area contributed by atoms with Crippen molar-refractivity contribution in [3.8, 4) is 0 Å². The molecule has 0 radical (unpaired) electrons. The highest BCUT2D eigenvalue weighted by Gasteiger charge is 2.17. The summed E-state index contributed by atoms with van der Waals surface area (Å²) in [7, 11) is -0.772. The first-order valence-corrected chi connectivity index (χ1v) is 8.43. The summed E-state index contributed by atoms with van der Waals surface area (Å²) in [5, 5.41) is 3.22. The van der Waals surface area contributed by atoms with E-state index >= 15 is 0 Å². The summed E-state index contributed by atoms with van der Waals surface area (Å²) in [6.07, 6.45) is 3.21. The Morgan fingerprint density at radius 1 is 1.58 bits per heavy atom. The summed E-state index contributed by atoms with van der Waals surface area (Å²) in [6, 6.07) is 2.05. The first-order chi connectivity index (χ1) is 9.11. The lowest BCUT2D eigenvalue weighted by Crippen LogP contribution is -2.18. The molecule has 0 aromatic carbocycles. The van der Waals surface area contributed by atoms with Gasteiger partial charge in [-0.15, -0.1) is 0 Å². The van der Waals surface area contributed by atoms with Gasteiger partial charge in [0.25, 0.3) is 0 Å². The molecule has 19 heavy (non-hydrogen) atoms. The number of rotatable bonds is 6. The molecule has 0 aliphatic heterocycles. The molecule has 1 aromatic heterocycles. The molecule has 104 valence electrons. The Kier molecular flexibility index (Phi) is 4.87. The Balaban J connectivity index is 2.14. The normalized spacial score (nSPS) is 15.0. The molecule has 1 aliphatic carbocycles. The second kappa shape index (κ2) is 6.43. The number of fused-ring (bicyclic) bond motifs is 1. The molecule has 4 nitrogen and oxygen atoms in total. The average Bonchev–Trinajstić information content (AvgIpc) is 2.84. The average molecular weight is 297 g/mol. The predicted molar refractivity (Wildman–Crippen MR) is 84.2 cm³/mol. The number of nitrogens with zero attached hydrogens (tertiary/aromatic N) is 1. The maximum atomic E-state index is 11.4. The molecule has 1 aliphatic rings. The number of pyridine rings is 1. The van der Waals surface area contributed by atoms with Crippen molar-refractivity contribution < 1.29 is 4.21 Å². The maximum Gasteiger partial charge on any atom is 0.136 e. The topological polar surface area (TPSA) is 68.0 Å². The van der Waals surface area contributed by atoms with E-state index in [2.05, 4.69) is 16.4 Å². The quantitative estimate of drug-likeness (QED) is 0.777. The van der Waals surface area contributed by atoms with Gasteiger partial charge in [-0.3, -0.25) is 4.21 Å². The van der Waals surface area contributed by atoms with Crippen LogP contribution >= 0.6 is 12.2 Å². The lowest BCUT2D eigenvalue weighted by atomic mass is 10.1. The molecule has 0 saturated carbocycles. The summed E-state index contributed by atoms with van der Waals surface area (Å²) in [5.74, 6) is 2.04. The number of nitrogens with two attached hydrogens (primary N) is 1. The van der Waals surface area contributed by atoms with Crippen molar-refractivity contribution in [1.29, 1.82) is 0 Å². The summed E-state index contributed by atoms with van der Waals surface area (Å²) in [4.78, 5) is 4.98. The third kappa shape index (κ3) is 3.51. The van der Waals surface area contributed by atoms with Crippen LogP contribution in [-0.4, -0.2) is 32.2 Å². The fourth-order valence-corrected chi connectivity index (χ4v) is 3.00. The Bertz CT molecular complexity index is 517. The predicted octanol–water partition coefficient (Wildman–Crippen LogP) is 1.39. The molecule has 2 rings (SSSR count). The van der Waals surface area contributed by atoms with E-state index in [-0.39, 0.29) is 0 Å². The molecule has 6 heteroatoms. The number of nitrogens with one attached hydrogen (secondary N) is 1. The lowest BCUT2D eigenvalue weighted by molar-refractivity contribution is 0.684. The van der Waals surface area contributed by atoms with Crippen molar-refractivity contribution in [3.63, 3.8) is 0 Å². The molecule has 1 unspecified atom stereocenters. The van der Waals surface area contributed by atoms with Crippen LogP contribution < -0.4 is 11.1 Å². The monoisotopic (exact) mass is 297 g/mol. The van der Waals surface area contributed by atoms with E-state index in [1.807, 2.05) is 6.92 Å². The van der Waals surface area contributed by atoms with Crippen LogP contribution in [0.15, 0.2) is 6.07 Å². The van der Waals surface area contributed by atoms with Crippen molar-refractivity contribution in [1.82, 2.24) is 4.98 Å². The summed E-state index contributed by atoms with van der Waals surface area (Å²) in [6.45, 7) is 2.55. The van der Waals surface area contributed by atoms with Crippen LogP contribution in [0.25, 0.3) is 0 Å². The van der Waals surface area contributed by atoms with Gasteiger partial charge in [-0.05, 0) is 30.9 Å². The van der Waals surface area contributed by atoms with Gasteiger partial charge in [-0.1, -0.05) is 19.1 Å². The highest BCUT2D eigenvalue weighted by molar-refractivity contribution is 7.84. The van der Waals surface area contributed by atoms with Crippen molar-refractivity contribution in [2.45, 2.75) is 26.2 Å². The third-order valence-corrected chi connectivity index (χ3v) is 4.78. The summed E-state index contributed by atoms with van der Waals surface area (Å²) in [5.41, 5.74) is 8.95. The molecule has 1 aromatic rings. The van der Waals surface area contributed by atoms with E-state index in [0.29, 0.717) is 23.0 Å². The SMILES string of the molecule is CCS(=O)CCNc1nc2c(cc1C(N)=S)CCC2. The van der Waals surface area contributed by atoms with Gasteiger partial charge in [0.2, 0.25) is 0 Å². The van der Waals surface area contributed by atoms with Crippen molar-refractivity contribution in [2.24, 2.45) is 5.73 Å². The maximum absolute atomic E-state index is 11.4. The van der Waals surface area contributed by atoms with Crippen LogP contribution in [0.1, 0.15) is 30.2 Å². The van der Waals surface area contributed by atoms with E-state index in [4.69, 9.17) is 18.0 Å². The second-order valence-corrected chi connectivity index (χ2v) is 6.87. The highest BCUT2D eigenvalue weighted by Crippen LogP contribution is 2.25. The van der Waals surface area contributed by atoms with Gasteiger partial charge < -0.3 is 11.1 Å². The van der Waals surface area contributed by atoms with Gasteiger partial charge in [0.1, 0.15) is 10.8 Å². The molecular formula is C13H19N3OS2. The fourth-order valence-electron chi connectivity index (χ4n) is 2.22. The van der Waals surface area contributed by atoms with Crippen LogP contribution in [0.2, 0.25) is 0 Å². The number of thiocarbonyl (C=S) groups is 1. The van der Waals surface area contributed by atoms with Crippen LogP contribution in [0, 0.1) is 0 Å². The van der Waals surface area contributed by atoms with Gasteiger partial charge in [-0.2, -0.15) is 0 Å². The van der Waals surface area contributed by atoms with E-state index in [9.17, 15) is 4.21 Å². The molecule has 0 bridgehead atoms. The number of aromatic nitrogens is 1. The number of anilines is 1. The Labute approximate surface area is 121 Å². The molecule has 0 amide bonds. The third-order valence-electron chi connectivity index (χ3n) is 3.26. The summed E-state index contributed by atoms with van der Waals surface area (Å²) < 4.78 is 11.4. The molecule has 0 saturated heterocycles. The largest absolute Gasteiger partial charge is 0.389 e. The van der Waals surface area contributed by atoms with Crippen molar-refractivity contribution in [2.75, 3.05) is 23.4 Å². The van der Waals surface area contributed by atoms with E-state index in [1.165, 1.54) is 5.56 Å². The van der Waals surface area contributed by atoms with Crippen LogP contribution in [-0.2, 0) is 23.6 Å². The molecule has 3 N–H and O–H groups in total. The Morgan fingerprint density at radius 2 is 2.37 bits per heavy atom. The van der Waals surface area contributed by atoms with Crippen molar-refractivity contribution in [3.05, 3.63) is 22.9 Å². The van der Waals surface area contributed by atoms with E-state index in [1.54, 1.807) is 0 Å². The van der Waals surface area contributed by atoms with Crippen molar-refractivity contribution >= 4 is 33.8 Å². The first kappa shape index (κ1) is 14.4. The Morgan fingerprint density at radius 3 is 3.05 bits per heavy atom. The van der Waals surface area contributed by atoms with E-state index < -0.39 is 10.8 Å². The number of hydrogen-bond donors (Lipinski definition) is 2. The Hall–Kier alpha value is -1.01. The van der Waals surface area contributed by atoms with Gasteiger partial charge in [-0.25, -0.2) is 4.98 Å². The van der Waals surface area contributed by atoms with Gasteiger partial charge in [0.15, 0.2) is 0 Å². The second-order valence-electron chi connectivity index (χ2n) is 4.57. The molecule has 1 heterocycles. The minimum atomic E-state index is -0.772. The highest BCUT2D eigenvalue weighted by atomic mass is 32.2. The van der Waals surface area contributed by atoms with Crippen LogP contribution in [0.3, 0.4) is 0 Å². The fraction of sp³-hybridized carbons (Fsp3) is 0.538. The molecule has 0 fully saturated rings. The van der Waals surface area contributed by atoms with Crippen LogP contribution in [0.4, 0.5) is 5.82 Å². The number of hydrogen-bond acceptors (Lipinski definition) is 4. The zero-order chi connectivity index (χ0) is 13.8.